The minimum absolute atomic E-state index is 0.0119. The fourth-order valence-electron chi connectivity index (χ4n) is 3.35. The number of rotatable bonds is 9. The molecule has 0 unspecified atom stereocenters. The molecular formula is C26H22N5O4S-. The van der Waals surface area contributed by atoms with E-state index in [1.54, 1.807) is 25.3 Å². The molecule has 1 aromatic heterocycles. The summed E-state index contributed by atoms with van der Waals surface area (Å²) >= 11 is 1.21. The van der Waals surface area contributed by atoms with Gasteiger partial charge in [0.1, 0.15) is 5.75 Å². The first-order valence-corrected chi connectivity index (χ1v) is 11.9. The third kappa shape index (κ3) is 5.78. The van der Waals surface area contributed by atoms with Gasteiger partial charge in [0.15, 0.2) is 11.0 Å². The van der Waals surface area contributed by atoms with Crippen molar-refractivity contribution in [3.05, 3.63) is 89.5 Å². The van der Waals surface area contributed by atoms with Crippen molar-refractivity contribution in [1.29, 1.82) is 0 Å². The maximum atomic E-state index is 12.4. The van der Waals surface area contributed by atoms with Crippen LogP contribution in [0.5, 0.6) is 5.75 Å². The second-order valence-corrected chi connectivity index (χ2v) is 8.60. The van der Waals surface area contributed by atoms with Gasteiger partial charge in [-0.3, -0.25) is 9.36 Å². The molecule has 0 fully saturated rings. The number of carboxylic acids is 1. The zero-order valence-electron chi connectivity index (χ0n) is 19.5. The van der Waals surface area contributed by atoms with Crippen molar-refractivity contribution < 1.29 is 19.4 Å². The number of hydrogen-bond donors (Lipinski definition) is 1. The number of aryl methyl sites for hydroxylation is 1. The second kappa shape index (κ2) is 11.3. The van der Waals surface area contributed by atoms with Crippen LogP contribution in [0.3, 0.4) is 0 Å². The minimum Gasteiger partial charge on any atom is -0.545 e. The van der Waals surface area contributed by atoms with Crippen molar-refractivity contribution in [2.75, 3.05) is 12.9 Å². The first kappa shape index (κ1) is 24.7. The van der Waals surface area contributed by atoms with Gasteiger partial charge in [0.25, 0.3) is 5.91 Å². The van der Waals surface area contributed by atoms with Crippen LogP contribution in [0.25, 0.3) is 17.1 Å². The normalized spacial score (nSPS) is 10.9. The number of carbonyl (C=O) groups is 2. The monoisotopic (exact) mass is 500 g/mol. The number of ether oxygens (including phenoxy) is 1. The largest absolute Gasteiger partial charge is 0.545 e. The minimum atomic E-state index is -1.32. The number of hydrogen-bond acceptors (Lipinski definition) is 8. The smallest absolute Gasteiger partial charge is 0.250 e. The van der Waals surface area contributed by atoms with E-state index in [4.69, 9.17) is 4.74 Å². The van der Waals surface area contributed by atoms with Crippen LogP contribution in [0.2, 0.25) is 0 Å². The molecule has 0 bridgehead atoms. The Bertz CT molecular complexity index is 1400. The number of benzene rings is 3. The van der Waals surface area contributed by atoms with Crippen molar-refractivity contribution in [1.82, 2.24) is 20.2 Å². The number of nitrogens with zero attached hydrogens (tertiary/aromatic N) is 4. The molecule has 1 N–H and O–H groups in total. The van der Waals surface area contributed by atoms with Gasteiger partial charge in [0, 0.05) is 22.4 Å². The Morgan fingerprint density at radius 3 is 2.47 bits per heavy atom. The highest BCUT2D eigenvalue weighted by Crippen LogP contribution is 2.29. The average Bonchev–Trinajstić information content (AvgIpc) is 3.32. The summed E-state index contributed by atoms with van der Waals surface area (Å²) in [6.45, 7) is 2.01. The third-order valence-electron chi connectivity index (χ3n) is 5.18. The average molecular weight is 501 g/mol. The molecule has 1 amide bonds. The third-order valence-corrected chi connectivity index (χ3v) is 6.11. The van der Waals surface area contributed by atoms with Crippen molar-refractivity contribution >= 4 is 29.9 Å². The lowest BCUT2D eigenvalue weighted by atomic mass is 10.1. The number of carboxylic acid groups (broad SMARTS) is 1. The number of methoxy groups -OCH3 is 1. The summed E-state index contributed by atoms with van der Waals surface area (Å²) in [5, 5.41) is 24.3. The number of hydrazone groups is 1. The predicted octanol–water partition coefficient (Wildman–Crippen LogP) is 2.86. The standard InChI is InChI=1S/C26H23N5O4S/c1-17-7-11-20(12-8-17)31-24(18-9-13-21(35-2)14-10-18)29-30-26(31)36-16-23(32)28-27-15-19-5-3-4-6-22(19)25(33)34/h3-15H,16H2,1-2H3,(H,28,32)(H,33,34)/p-1/b27-15-. The molecule has 4 rings (SSSR count). The highest BCUT2D eigenvalue weighted by atomic mass is 32.2. The van der Waals surface area contributed by atoms with Crippen molar-refractivity contribution in [3.8, 4) is 22.8 Å². The molecule has 10 heteroatoms. The SMILES string of the molecule is COc1ccc(-c2nnc(SCC(=O)N/N=C\c3ccccc3C(=O)[O-])n2-c2ccc(C)cc2)cc1. The van der Waals surface area contributed by atoms with Gasteiger partial charge in [-0.15, -0.1) is 10.2 Å². The number of aromatic nitrogens is 3. The molecule has 0 aliphatic rings. The van der Waals surface area contributed by atoms with Gasteiger partial charge in [0.2, 0.25) is 0 Å². The molecule has 1 heterocycles. The van der Waals surface area contributed by atoms with Crippen molar-refractivity contribution in [3.63, 3.8) is 0 Å². The summed E-state index contributed by atoms with van der Waals surface area (Å²) in [6.07, 6.45) is 1.27. The van der Waals surface area contributed by atoms with Crippen LogP contribution in [0.1, 0.15) is 21.5 Å². The molecule has 4 aromatic rings. The summed E-state index contributed by atoms with van der Waals surface area (Å²) in [5.74, 6) is -0.323. The molecule has 182 valence electrons. The fourth-order valence-corrected chi connectivity index (χ4v) is 4.09. The molecule has 36 heavy (non-hydrogen) atoms. The first-order chi connectivity index (χ1) is 17.5. The van der Waals surface area contributed by atoms with Crippen LogP contribution >= 0.6 is 11.8 Å². The molecule has 0 atom stereocenters. The molecule has 0 saturated heterocycles. The summed E-state index contributed by atoms with van der Waals surface area (Å²) in [5.41, 5.74) is 5.54. The molecular weight excluding hydrogens is 478 g/mol. The lowest BCUT2D eigenvalue weighted by Gasteiger charge is -2.11. The maximum Gasteiger partial charge on any atom is 0.250 e. The van der Waals surface area contributed by atoms with Crippen LogP contribution in [-0.2, 0) is 4.79 Å². The summed E-state index contributed by atoms with van der Waals surface area (Å²) in [6, 6.07) is 21.6. The van der Waals surface area contributed by atoms with E-state index in [0.29, 0.717) is 16.5 Å². The van der Waals surface area contributed by atoms with Gasteiger partial charge in [0.05, 0.1) is 25.0 Å². The fraction of sp³-hybridized carbons (Fsp3) is 0.115. The van der Waals surface area contributed by atoms with Gasteiger partial charge in [-0.05, 0) is 43.3 Å². The Hall–Kier alpha value is -4.44. The van der Waals surface area contributed by atoms with Crippen LogP contribution in [0.4, 0.5) is 0 Å². The molecule has 0 aliphatic carbocycles. The topological polar surface area (TPSA) is 122 Å². The Kier molecular flexibility index (Phi) is 7.76. The Morgan fingerprint density at radius 2 is 1.78 bits per heavy atom. The Labute approximate surface area is 211 Å². The number of nitrogens with one attached hydrogen (secondary N) is 1. The van der Waals surface area contributed by atoms with E-state index < -0.39 is 5.97 Å². The second-order valence-electron chi connectivity index (χ2n) is 7.66. The summed E-state index contributed by atoms with van der Waals surface area (Å²) < 4.78 is 7.13. The predicted molar refractivity (Wildman–Crippen MR) is 135 cm³/mol. The van der Waals surface area contributed by atoms with E-state index in [1.165, 1.54) is 24.0 Å². The Balaban J connectivity index is 1.51. The Morgan fingerprint density at radius 1 is 1.06 bits per heavy atom. The number of amides is 1. The van der Waals surface area contributed by atoms with E-state index in [-0.39, 0.29) is 17.2 Å². The molecule has 0 radical (unpaired) electrons. The van der Waals surface area contributed by atoms with Crippen LogP contribution < -0.4 is 15.3 Å². The van der Waals surface area contributed by atoms with Crippen LogP contribution in [0.15, 0.2) is 83.1 Å². The van der Waals surface area contributed by atoms with E-state index >= 15 is 0 Å². The van der Waals surface area contributed by atoms with E-state index in [9.17, 15) is 14.7 Å². The highest BCUT2D eigenvalue weighted by molar-refractivity contribution is 7.99. The summed E-state index contributed by atoms with van der Waals surface area (Å²) in [7, 11) is 1.61. The van der Waals surface area contributed by atoms with Crippen LogP contribution in [0, 0.1) is 6.92 Å². The highest BCUT2D eigenvalue weighted by Gasteiger charge is 2.17. The van der Waals surface area contributed by atoms with E-state index in [2.05, 4.69) is 20.7 Å². The number of carbonyl (C=O) groups excluding carboxylic acids is 2. The zero-order valence-corrected chi connectivity index (χ0v) is 20.4. The van der Waals surface area contributed by atoms with E-state index in [0.717, 1.165) is 22.6 Å². The molecule has 3 aromatic carbocycles. The number of thioether (sulfide) groups is 1. The zero-order chi connectivity index (χ0) is 25.5. The molecule has 9 nitrogen and oxygen atoms in total. The van der Waals surface area contributed by atoms with Gasteiger partial charge in [-0.2, -0.15) is 5.10 Å². The first-order valence-electron chi connectivity index (χ1n) is 10.9. The molecule has 0 saturated carbocycles. The molecule has 0 spiro atoms. The van der Waals surface area contributed by atoms with Gasteiger partial charge in [-0.25, -0.2) is 5.43 Å². The van der Waals surface area contributed by atoms with Gasteiger partial charge in [-0.1, -0.05) is 53.7 Å². The lowest BCUT2D eigenvalue weighted by Crippen LogP contribution is -2.24. The van der Waals surface area contributed by atoms with Crippen LogP contribution in [-0.4, -0.2) is 45.7 Å². The molecule has 0 aliphatic heterocycles. The van der Waals surface area contributed by atoms with Crippen molar-refractivity contribution in [2.45, 2.75) is 12.1 Å². The van der Waals surface area contributed by atoms with E-state index in [1.807, 2.05) is 60.0 Å². The van der Waals surface area contributed by atoms with Gasteiger partial charge >= 0.3 is 0 Å². The number of aromatic carboxylic acids is 1. The maximum absolute atomic E-state index is 12.4. The van der Waals surface area contributed by atoms with Crippen molar-refractivity contribution in [2.24, 2.45) is 5.10 Å². The quantitative estimate of drug-likeness (QED) is 0.213. The summed E-state index contributed by atoms with van der Waals surface area (Å²) in [4.78, 5) is 23.6. The lowest BCUT2D eigenvalue weighted by molar-refractivity contribution is -0.255. The van der Waals surface area contributed by atoms with Gasteiger partial charge < -0.3 is 14.6 Å².